The summed E-state index contributed by atoms with van der Waals surface area (Å²) < 4.78 is 0. The predicted molar refractivity (Wildman–Crippen MR) is 363 cm³/mol. The summed E-state index contributed by atoms with van der Waals surface area (Å²) >= 11 is 18.5. The number of aromatic nitrogens is 6. The number of nitrogens with zero attached hydrogens (tertiary/aromatic N) is 3. The smallest absolute Gasteiger partial charge is 0.272 e. The van der Waals surface area contributed by atoms with Gasteiger partial charge >= 0.3 is 0 Å². The van der Waals surface area contributed by atoms with Crippen molar-refractivity contribution in [3.63, 3.8) is 0 Å². The molecule has 3 aromatic heterocycles. The molecule has 9 N–H and O–H groups in total. The van der Waals surface area contributed by atoms with Gasteiger partial charge in [-0.05, 0) is 160 Å². The summed E-state index contributed by atoms with van der Waals surface area (Å²) in [4.78, 5) is 39.1. The van der Waals surface area contributed by atoms with Crippen LogP contribution >= 0.6 is 34.8 Å². The lowest BCUT2D eigenvalue weighted by atomic mass is 9.91. The summed E-state index contributed by atoms with van der Waals surface area (Å²) in [6.07, 6.45) is 15.8. The van der Waals surface area contributed by atoms with Crippen LogP contribution in [0, 0.1) is 0 Å². The van der Waals surface area contributed by atoms with Gasteiger partial charge in [0.25, 0.3) is 17.7 Å². The van der Waals surface area contributed by atoms with Crippen LogP contribution in [0.15, 0.2) is 164 Å². The summed E-state index contributed by atoms with van der Waals surface area (Å²) in [5, 5.41) is 63.1. The van der Waals surface area contributed by atoms with E-state index in [9.17, 15) is 29.7 Å². The van der Waals surface area contributed by atoms with E-state index in [1.165, 1.54) is 16.7 Å². The summed E-state index contributed by atoms with van der Waals surface area (Å²) in [5.41, 5.74) is 14.1. The quantitative estimate of drug-likeness (QED) is 0.0330. The van der Waals surface area contributed by atoms with Crippen LogP contribution in [0.3, 0.4) is 0 Å². The van der Waals surface area contributed by atoms with E-state index >= 15 is 0 Å². The van der Waals surface area contributed by atoms with Crippen molar-refractivity contribution in [2.75, 3.05) is 19.8 Å². The Bertz CT molecular complexity index is 3660. The molecule has 3 heterocycles. The molecule has 12 rings (SSSR count). The lowest BCUT2D eigenvalue weighted by Gasteiger charge is -2.17. The van der Waals surface area contributed by atoms with E-state index in [-0.39, 0.29) is 67.4 Å². The van der Waals surface area contributed by atoms with Gasteiger partial charge in [0, 0.05) is 66.6 Å². The highest BCUT2D eigenvalue weighted by Gasteiger charge is 2.32. The Labute approximate surface area is 553 Å². The van der Waals surface area contributed by atoms with Crippen molar-refractivity contribution in [2.24, 2.45) is 0 Å². The zero-order valence-corrected chi connectivity index (χ0v) is 54.0. The molecule has 3 unspecified atom stereocenters. The molecule has 3 aliphatic rings. The molecule has 0 bridgehead atoms. The highest BCUT2D eigenvalue weighted by Crippen LogP contribution is 2.37. The van der Waals surface area contributed by atoms with Gasteiger partial charge in [0.1, 0.15) is 0 Å². The molecule has 15 nitrogen and oxygen atoms in total. The Morgan fingerprint density at radius 2 is 0.739 bits per heavy atom. The molecular formula is C74H82Cl3N9O6. The molecule has 92 heavy (non-hydrogen) atoms. The number of aliphatic hydroxyl groups is 3. The van der Waals surface area contributed by atoms with Crippen molar-refractivity contribution in [1.82, 2.24) is 46.5 Å². The van der Waals surface area contributed by atoms with Crippen LogP contribution in [0.4, 0.5) is 0 Å². The molecule has 9 aromatic rings. The van der Waals surface area contributed by atoms with Crippen molar-refractivity contribution in [2.45, 2.75) is 145 Å². The monoisotopic (exact) mass is 1300 g/mol. The largest absolute Gasteiger partial charge is 0.394 e. The van der Waals surface area contributed by atoms with Gasteiger partial charge in [-0.1, -0.05) is 181 Å². The number of aliphatic hydroxyl groups excluding tert-OH is 3. The van der Waals surface area contributed by atoms with E-state index in [1.54, 1.807) is 0 Å². The Balaban J connectivity index is 0.000000151. The lowest BCUT2D eigenvalue weighted by Crippen LogP contribution is -2.39. The van der Waals surface area contributed by atoms with Gasteiger partial charge in [-0.3, -0.25) is 29.7 Å². The first-order valence-corrected chi connectivity index (χ1v) is 33.4. The molecule has 6 atom stereocenters. The van der Waals surface area contributed by atoms with E-state index < -0.39 is 6.04 Å². The van der Waals surface area contributed by atoms with Gasteiger partial charge in [0.05, 0.1) is 37.9 Å². The van der Waals surface area contributed by atoms with Gasteiger partial charge in [0.15, 0.2) is 17.1 Å². The normalized spacial score (nSPS) is 17.0. The van der Waals surface area contributed by atoms with Crippen LogP contribution in [-0.4, -0.2) is 95.5 Å². The van der Waals surface area contributed by atoms with Crippen LogP contribution in [0.5, 0.6) is 0 Å². The van der Waals surface area contributed by atoms with Gasteiger partial charge < -0.3 is 31.3 Å². The first-order chi connectivity index (χ1) is 44.9. The van der Waals surface area contributed by atoms with Gasteiger partial charge in [-0.15, -0.1) is 0 Å². The van der Waals surface area contributed by atoms with Crippen LogP contribution in [0.25, 0.3) is 0 Å². The third-order valence-electron chi connectivity index (χ3n) is 17.8. The summed E-state index contributed by atoms with van der Waals surface area (Å²) in [6, 6.07) is 51.9. The van der Waals surface area contributed by atoms with E-state index in [0.29, 0.717) is 29.9 Å². The molecule has 18 heteroatoms. The standard InChI is InChI=1S/2C25H28ClN3O2.C24H26ClN3O2/c2*26-20-11-6-9-18(14-20)13-19-10-4-5-12-22-23(19)28-29-24(22)25(31)27-21(16-30)15-17-7-2-1-3-8-17;25-19-11-6-7-16(14-19)13-18-10-4-5-12-20-22(18)27-28-23(20)24(30)26-21(15-29)17-8-2-1-3-9-17/h2*1-3,6-9,11,14,19,21,30H,4-5,10,12-13,15-16H2,(H,27,31)(H,28,29);1-3,6-9,11,14,18,21,29H,4-5,10,12-13,15H2,(H,26,30)(H,27,28)/t2*19?,21-;18?,21-/m100/s1. The maximum absolute atomic E-state index is 13.0. The van der Waals surface area contributed by atoms with Crippen LogP contribution in [0.1, 0.15) is 180 Å². The number of nitrogens with one attached hydrogen (secondary N) is 6. The van der Waals surface area contributed by atoms with E-state index in [1.807, 2.05) is 146 Å². The number of fused-ring (bicyclic) bond motifs is 3. The molecule has 0 saturated heterocycles. The topological polar surface area (TPSA) is 234 Å². The molecule has 3 amide bonds. The lowest BCUT2D eigenvalue weighted by molar-refractivity contribution is 0.0903. The molecule has 6 aromatic carbocycles. The number of rotatable bonds is 20. The minimum atomic E-state index is -0.459. The van der Waals surface area contributed by atoms with Crippen LogP contribution in [0.2, 0.25) is 15.1 Å². The van der Waals surface area contributed by atoms with Gasteiger partial charge in [-0.25, -0.2) is 0 Å². The second kappa shape index (κ2) is 33.6. The third kappa shape index (κ3) is 18.2. The second-order valence-electron chi connectivity index (χ2n) is 24.4. The number of hydrogen-bond donors (Lipinski definition) is 9. The third-order valence-corrected chi connectivity index (χ3v) is 18.5. The zero-order valence-electron chi connectivity index (χ0n) is 51.7. The van der Waals surface area contributed by atoms with E-state index in [0.717, 1.165) is 162 Å². The van der Waals surface area contributed by atoms with Crippen molar-refractivity contribution in [3.8, 4) is 0 Å². The minimum Gasteiger partial charge on any atom is -0.394 e. The van der Waals surface area contributed by atoms with Crippen LogP contribution < -0.4 is 16.0 Å². The number of hydrogen-bond acceptors (Lipinski definition) is 9. The van der Waals surface area contributed by atoms with Crippen molar-refractivity contribution in [3.05, 3.63) is 263 Å². The number of carbonyl (C=O) groups is 3. The Morgan fingerprint density at radius 3 is 1.07 bits per heavy atom. The van der Waals surface area contributed by atoms with E-state index in [4.69, 9.17) is 34.8 Å². The number of aromatic amines is 3. The first kappa shape index (κ1) is 67.0. The molecule has 480 valence electrons. The SMILES string of the molecule is O=C(N[C@@H](CO)Cc1ccccc1)c1n[nH]c2c1CCCCC2Cc1cccc(Cl)c1.O=C(N[C@@H](CO)c1ccccc1)c1n[nH]c2c1CCCCC2Cc1cccc(Cl)c1.O=C(N[C@H](CO)Cc1ccccc1)c1n[nH]c2c1CCCCC2Cc1cccc(Cl)c1. The average molecular weight is 1300 g/mol. The summed E-state index contributed by atoms with van der Waals surface area (Å²) in [7, 11) is 0. The number of amides is 3. The van der Waals surface area contributed by atoms with Crippen LogP contribution in [-0.2, 0) is 51.4 Å². The molecule has 3 aliphatic carbocycles. The van der Waals surface area contributed by atoms with Crippen molar-refractivity contribution >= 4 is 52.5 Å². The van der Waals surface area contributed by atoms with Gasteiger partial charge in [0.2, 0.25) is 0 Å². The Hall–Kier alpha value is -7.89. The molecule has 0 fully saturated rings. The Kier molecular flexibility index (Phi) is 24.5. The highest BCUT2D eigenvalue weighted by molar-refractivity contribution is 6.31. The fourth-order valence-corrected chi connectivity index (χ4v) is 13.9. The second-order valence-corrected chi connectivity index (χ2v) is 25.7. The molecular weight excluding hydrogens is 1220 g/mol. The summed E-state index contributed by atoms with van der Waals surface area (Å²) in [5.74, 6) is 0.134. The fourth-order valence-electron chi connectivity index (χ4n) is 13.2. The molecule has 0 spiro atoms. The summed E-state index contributed by atoms with van der Waals surface area (Å²) in [6.45, 7) is -0.408. The number of halogens is 3. The first-order valence-electron chi connectivity index (χ1n) is 32.3. The molecule has 0 aliphatic heterocycles. The maximum atomic E-state index is 13.0. The molecule has 0 radical (unpaired) electrons. The molecule has 0 saturated carbocycles. The number of H-pyrrole nitrogens is 3. The maximum Gasteiger partial charge on any atom is 0.272 e. The fraction of sp³-hybridized carbons (Fsp3) is 0.351. The van der Waals surface area contributed by atoms with Gasteiger partial charge in [-0.2, -0.15) is 15.3 Å². The highest BCUT2D eigenvalue weighted by atomic mass is 35.5. The minimum absolute atomic E-state index is 0.120. The average Bonchev–Trinajstić information content (AvgIpc) is 1.80. The van der Waals surface area contributed by atoms with Crippen molar-refractivity contribution < 1.29 is 29.7 Å². The Morgan fingerprint density at radius 1 is 0.413 bits per heavy atom. The predicted octanol–water partition coefficient (Wildman–Crippen LogP) is 13.5. The van der Waals surface area contributed by atoms with E-state index in [2.05, 4.69) is 64.7 Å². The number of benzene rings is 6. The zero-order chi connectivity index (χ0) is 64.2. The number of carbonyl (C=O) groups excluding carboxylic acids is 3. The van der Waals surface area contributed by atoms with Crippen molar-refractivity contribution in [1.29, 1.82) is 0 Å².